The second-order valence-electron chi connectivity index (χ2n) is 6.91. The first-order valence-corrected chi connectivity index (χ1v) is 8.15. The smallest absolute Gasteiger partial charge is 0.0120 e. The van der Waals surface area contributed by atoms with Gasteiger partial charge in [0.1, 0.15) is 0 Å². The van der Waals surface area contributed by atoms with Crippen LogP contribution in [0.25, 0.3) is 0 Å². The highest BCUT2D eigenvalue weighted by Crippen LogP contribution is 2.35. The molecular weight excluding hydrogens is 232 g/mol. The Balaban J connectivity index is 2.70. The van der Waals surface area contributed by atoms with Gasteiger partial charge in [-0.05, 0) is 54.9 Å². The molecule has 0 aliphatic heterocycles. The van der Waals surface area contributed by atoms with Crippen LogP contribution in [0.3, 0.4) is 0 Å². The van der Waals surface area contributed by atoms with E-state index in [2.05, 4.69) is 44.7 Å². The summed E-state index contributed by atoms with van der Waals surface area (Å²) in [5.74, 6) is 3.33. The van der Waals surface area contributed by atoms with E-state index in [0.29, 0.717) is 0 Å². The zero-order valence-electron chi connectivity index (χ0n) is 13.6. The van der Waals surface area contributed by atoms with Crippen LogP contribution in [0, 0.1) is 23.7 Å². The van der Waals surface area contributed by atoms with E-state index in [1.165, 1.54) is 38.5 Å². The zero-order chi connectivity index (χ0) is 14.3. The topological polar surface area (TPSA) is 24.1 Å². The Labute approximate surface area is 120 Å². The molecule has 2 heteroatoms. The highest BCUT2D eigenvalue weighted by atomic mass is 15.3. The van der Waals surface area contributed by atoms with Crippen molar-refractivity contribution in [2.24, 2.45) is 23.7 Å². The van der Waals surface area contributed by atoms with Crippen LogP contribution in [0.15, 0.2) is 11.8 Å². The molecule has 0 bridgehead atoms. The Morgan fingerprint density at radius 2 is 1.89 bits per heavy atom. The Hall–Kier alpha value is -0.500. The monoisotopic (exact) mass is 266 g/mol. The summed E-state index contributed by atoms with van der Waals surface area (Å²) < 4.78 is 0. The quantitative estimate of drug-likeness (QED) is 0.716. The van der Waals surface area contributed by atoms with E-state index in [9.17, 15) is 0 Å². The van der Waals surface area contributed by atoms with Crippen LogP contribution in [-0.4, -0.2) is 7.05 Å². The molecule has 19 heavy (non-hydrogen) atoms. The maximum absolute atomic E-state index is 3.20. The second-order valence-corrected chi connectivity index (χ2v) is 6.91. The fourth-order valence-corrected chi connectivity index (χ4v) is 3.37. The highest BCUT2D eigenvalue weighted by Gasteiger charge is 2.22. The van der Waals surface area contributed by atoms with Crippen molar-refractivity contribution in [1.29, 1.82) is 0 Å². The SMILES string of the molecule is CNN/C=C1/CCC(C(C)C)CCCC1CC(C)C. The van der Waals surface area contributed by atoms with E-state index in [0.717, 1.165) is 23.7 Å². The zero-order valence-corrected chi connectivity index (χ0v) is 13.6. The third-order valence-corrected chi connectivity index (χ3v) is 4.56. The maximum atomic E-state index is 3.20. The van der Waals surface area contributed by atoms with Gasteiger partial charge in [-0.3, -0.25) is 0 Å². The lowest BCUT2D eigenvalue weighted by atomic mass is 9.76. The van der Waals surface area contributed by atoms with Crippen molar-refractivity contribution in [3.05, 3.63) is 11.8 Å². The van der Waals surface area contributed by atoms with Gasteiger partial charge in [0.15, 0.2) is 0 Å². The van der Waals surface area contributed by atoms with Crippen molar-refractivity contribution in [2.45, 2.75) is 66.2 Å². The van der Waals surface area contributed by atoms with Gasteiger partial charge in [-0.2, -0.15) is 0 Å². The molecule has 0 aromatic carbocycles. The van der Waals surface area contributed by atoms with Crippen molar-refractivity contribution in [3.8, 4) is 0 Å². The van der Waals surface area contributed by atoms with E-state index >= 15 is 0 Å². The molecule has 0 aromatic rings. The minimum Gasteiger partial charge on any atom is -0.329 e. The Kier molecular flexibility index (Phi) is 7.52. The van der Waals surface area contributed by atoms with Crippen molar-refractivity contribution < 1.29 is 0 Å². The standard InChI is InChI=1S/C17H34N2/c1-13(2)11-16-8-6-7-15(14(3)4)9-10-17(16)12-19-18-5/h12-16,18-19H,6-11H2,1-5H3/b17-12-. The first-order valence-electron chi connectivity index (χ1n) is 8.15. The molecule has 1 saturated carbocycles. The third-order valence-electron chi connectivity index (χ3n) is 4.56. The molecule has 1 aliphatic carbocycles. The first-order chi connectivity index (χ1) is 9.04. The van der Waals surface area contributed by atoms with Crippen molar-refractivity contribution in [2.75, 3.05) is 7.05 Å². The van der Waals surface area contributed by atoms with Gasteiger partial charge in [-0.1, -0.05) is 40.5 Å². The molecule has 1 rings (SSSR count). The van der Waals surface area contributed by atoms with Gasteiger partial charge < -0.3 is 5.43 Å². The van der Waals surface area contributed by atoms with Crippen LogP contribution in [-0.2, 0) is 0 Å². The summed E-state index contributed by atoms with van der Waals surface area (Å²) >= 11 is 0. The average Bonchev–Trinajstić information content (AvgIpc) is 2.31. The molecule has 2 nitrogen and oxygen atoms in total. The number of hydrogen-bond acceptors (Lipinski definition) is 2. The normalized spacial score (nSPS) is 27.6. The van der Waals surface area contributed by atoms with Gasteiger partial charge in [-0.15, -0.1) is 0 Å². The lowest BCUT2D eigenvalue weighted by Crippen LogP contribution is -2.24. The number of allylic oxidation sites excluding steroid dienone is 1. The first kappa shape index (κ1) is 16.6. The predicted molar refractivity (Wildman–Crippen MR) is 84.6 cm³/mol. The third kappa shape index (κ3) is 5.99. The molecular formula is C17H34N2. The van der Waals surface area contributed by atoms with Crippen LogP contribution in [0.4, 0.5) is 0 Å². The van der Waals surface area contributed by atoms with Crippen LogP contribution in [0.1, 0.15) is 66.2 Å². The summed E-state index contributed by atoms with van der Waals surface area (Å²) in [5.41, 5.74) is 7.87. The number of hydrogen-bond donors (Lipinski definition) is 2. The minimum absolute atomic E-state index is 0.786. The molecule has 0 heterocycles. The van der Waals surface area contributed by atoms with E-state index < -0.39 is 0 Å². The van der Waals surface area contributed by atoms with Gasteiger partial charge >= 0.3 is 0 Å². The molecule has 1 fully saturated rings. The molecule has 0 spiro atoms. The predicted octanol–water partition coefficient (Wildman–Crippen LogP) is 4.49. The average molecular weight is 266 g/mol. The van der Waals surface area contributed by atoms with E-state index in [4.69, 9.17) is 0 Å². The van der Waals surface area contributed by atoms with Crippen molar-refractivity contribution in [1.82, 2.24) is 10.9 Å². The summed E-state index contributed by atoms with van der Waals surface area (Å²) in [6, 6.07) is 0. The van der Waals surface area contributed by atoms with E-state index in [1.807, 2.05) is 7.05 Å². The Morgan fingerprint density at radius 1 is 1.16 bits per heavy atom. The maximum Gasteiger partial charge on any atom is 0.0120 e. The summed E-state index contributed by atoms with van der Waals surface area (Å²) in [6.07, 6.45) is 10.4. The number of rotatable bonds is 5. The molecule has 0 amide bonds. The minimum atomic E-state index is 0.786. The summed E-state index contributed by atoms with van der Waals surface area (Å²) in [7, 11) is 1.94. The molecule has 1 aliphatic rings. The van der Waals surface area contributed by atoms with Crippen LogP contribution in [0.5, 0.6) is 0 Å². The molecule has 2 atom stereocenters. The second kappa shape index (κ2) is 8.63. The molecule has 2 N–H and O–H groups in total. The molecule has 2 unspecified atom stereocenters. The van der Waals surface area contributed by atoms with Crippen molar-refractivity contribution in [3.63, 3.8) is 0 Å². The lowest BCUT2D eigenvalue weighted by molar-refractivity contribution is 0.284. The molecule has 0 radical (unpaired) electrons. The highest BCUT2D eigenvalue weighted by molar-refractivity contribution is 5.07. The fraction of sp³-hybridized carbons (Fsp3) is 0.882. The van der Waals surface area contributed by atoms with Gasteiger partial charge in [0.25, 0.3) is 0 Å². The lowest BCUT2D eigenvalue weighted by Gasteiger charge is -2.30. The van der Waals surface area contributed by atoms with Gasteiger partial charge in [0.2, 0.25) is 0 Å². The van der Waals surface area contributed by atoms with Gasteiger partial charge in [0.05, 0.1) is 0 Å². The molecule has 0 aromatic heterocycles. The number of hydrazine groups is 1. The number of nitrogens with one attached hydrogen (secondary N) is 2. The van der Waals surface area contributed by atoms with Crippen LogP contribution < -0.4 is 10.9 Å². The summed E-state index contributed by atoms with van der Waals surface area (Å²) in [6.45, 7) is 9.46. The van der Waals surface area contributed by atoms with Crippen LogP contribution in [0.2, 0.25) is 0 Å². The summed E-state index contributed by atoms with van der Waals surface area (Å²) in [5, 5.41) is 0. The molecule has 0 saturated heterocycles. The van der Waals surface area contributed by atoms with E-state index in [1.54, 1.807) is 5.57 Å². The van der Waals surface area contributed by atoms with Crippen molar-refractivity contribution >= 4 is 0 Å². The van der Waals surface area contributed by atoms with Gasteiger partial charge in [-0.25, -0.2) is 5.43 Å². The van der Waals surface area contributed by atoms with Crippen LogP contribution >= 0.6 is 0 Å². The summed E-state index contributed by atoms with van der Waals surface area (Å²) in [4.78, 5) is 0. The Morgan fingerprint density at radius 3 is 2.47 bits per heavy atom. The van der Waals surface area contributed by atoms with E-state index in [-0.39, 0.29) is 0 Å². The van der Waals surface area contributed by atoms with Gasteiger partial charge in [0, 0.05) is 13.2 Å². The largest absolute Gasteiger partial charge is 0.329 e. The Bertz CT molecular complexity index is 268. The molecule has 112 valence electrons. The fourth-order valence-electron chi connectivity index (χ4n) is 3.37.